The van der Waals surface area contributed by atoms with Crippen LogP contribution >= 0.6 is 11.1 Å². The van der Waals surface area contributed by atoms with Crippen molar-refractivity contribution in [2.24, 2.45) is 0 Å². The van der Waals surface area contributed by atoms with Gasteiger partial charge in [-0.2, -0.15) is 0 Å². The summed E-state index contributed by atoms with van der Waals surface area (Å²) in [7, 11) is -3.71. The molecule has 0 radical (unpaired) electrons. The van der Waals surface area contributed by atoms with Gasteiger partial charge in [-0.1, -0.05) is 218 Å². The molecular weight excluding hydrogens is 748 g/mol. The Morgan fingerprint density at radius 1 is 0.254 bits per heavy atom. The number of hydrogen-bond donors (Lipinski definition) is 0. The van der Waals surface area contributed by atoms with Crippen molar-refractivity contribution in [3.63, 3.8) is 0 Å². The Balaban J connectivity index is 1.55. The highest BCUT2D eigenvalue weighted by Gasteiger charge is 2.48. The van der Waals surface area contributed by atoms with E-state index in [0.29, 0.717) is 0 Å². The summed E-state index contributed by atoms with van der Waals surface area (Å²) >= 11 is 9.41. The van der Waals surface area contributed by atoms with Crippen molar-refractivity contribution in [3.8, 4) is 66.8 Å². The van der Waals surface area contributed by atoms with Gasteiger partial charge in [-0.3, -0.25) is 0 Å². The van der Waals surface area contributed by atoms with Gasteiger partial charge in [0, 0.05) is 0 Å². The molecule has 0 bridgehead atoms. The van der Waals surface area contributed by atoms with Crippen molar-refractivity contribution in [1.82, 2.24) is 0 Å². The average Bonchev–Trinajstić information content (AvgIpc) is 3.30. The van der Waals surface area contributed by atoms with Gasteiger partial charge in [0.1, 0.15) is 0 Å². The van der Waals surface area contributed by atoms with E-state index in [-0.39, 0.29) is 0 Å². The summed E-state index contributed by atoms with van der Waals surface area (Å²) in [6, 6.07) is 79.1. The van der Waals surface area contributed by atoms with E-state index in [1.807, 2.05) is 0 Å². The van der Waals surface area contributed by atoms with Gasteiger partial charge in [-0.05, 0) is 120 Å². The fraction of sp³-hybridized carbons (Fsp3) is 0.0526. The average molecular weight is 794 g/mol. The number of rotatable bonds is 9. The molecule has 0 nitrogen and oxygen atoms in total. The van der Waals surface area contributed by atoms with E-state index in [4.69, 9.17) is 0 Å². The van der Waals surface area contributed by atoms with E-state index in [1.54, 1.807) is 0 Å². The normalized spacial score (nSPS) is 11.4. The molecule has 9 rings (SSSR count). The highest BCUT2D eigenvalue weighted by molar-refractivity contribution is 7.42. The van der Waals surface area contributed by atoms with Crippen LogP contribution in [0.2, 0.25) is 0 Å². The van der Waals surface area contributed by atoms with Crippen molar-refractivity contribution in [3.05, 3.63) is 235 Å². The van der Waals surface area contributed by atoms with E-state index >= 15 is 0 Å². The number of aryl methyl sites for hydroxylation is 3. The van der Waals surface area contributed by atoms with E-state index in [9.17, 15) is 11.1 Å². The molecule has 0 saturated heterocycles. The summed E-state index contributed by atoms with van der Waals surface area (Å²) in [5.41, 5.74) is 17.6. The lowest BCUT2D eigenvalue weighted by molar-refractivity contribution is 1.45. The fourth-order valence-corrected chi connectivity index (χ4v) is 15.8. The maximum absolute atomic E-state index is 9.41. The predicted molar refractivity (Wildman–Crippen MR) is 257 cm³/mol. The van der Waals surface area contributed by atoms with Crippen LogP contribution in [0.25, 0.3) is 66.8 Å². The third-order valence-electron chi connectivity index (χ3n) is 11.7. The zero-order chi connectivity index (χ0) is 40.3. The quantitative estimate of drug-likeness (QED) is 0.0776. The van der Waals surface area contributed by atoms with Gasteiger partial charge in [0.2, 0.25) is 0 Å². The maximum Gasteiger partial charge on any atom is 0.250 e. The second-order valence-electron chi connectivity index (χ2n) is 15.4. The lowest BCUT2D eigenvalue weighted by Gasteiger charge is -2.38. The molecule has 2 heteroatoms. The van der Waals surface area contributed by atoms with Crippen molar-refractivity contribution in [1.29, 1.82) is 0 Å². The molecule has 0 aliphatic rings. The molecule has 0 atom stereocenters. The Labute approximate surface area is 354 Å². The van der Waals surface area contributed by atoms with E-state index < -0.39 is 7.38 Å². The van der Waals surface area contributed by atoms with Crippen molar-refractivity contribution in [2.45, 2.75) is 20.8 Å². The minimum Gasteiger partial charge on any atom is -0.149 e. The Morgan fingerprint density at radius 3 is 0.678 bits per heavy atom. The summed E-state index contributed by atoms with van der Waals surface area (Å²) in [5.74, 6) is 0. The second-order valence-corrected chi connectivity index (χ2v) is 19.9. The first kappa shape index (κ1) is 38.0. The number of halogens is 1. The minimum atomic E-state index is -3.71. The molecule has 0 aliphatic carbocycles. The molecule has 0 saturated carbocycles. The van der Waals surface area contributed by atoms with Crippen LogP contribution in [0.15, 0.2) is 218 Å². The molecule has 0 heterocycles. The van der Waals surface area contributed by atoms with Crippen LogP contribution in [0.1, 0.15) is 16.7 Å². The van der Waals surface area contributed by atoms with Crippen molar-refractivity contribution >= 4 is 34.0 Å². The third-order valence-corrected chi connectivity index (χ3v) is 17.4. The molecule has 0 spiro atoms. The summed E-state index contributed by atoms with van der Waals surface area (Å²) < 4.78 is 0. The fourth-order valence-electron chi connectivity index (χ4n) is 9.12. The third kappa shape index (κ3) is 6.97. The first-order valence-electron chi connectivity index (χ1n) is 20.4. The maximum atomic E-state index is 9.41. The second kappa shape index (κ2) is 16.4. The molecular formula is C57H45ClSi. The van der Waals surface area contributed by atoms with E-state index in [0.717, 1.165) is 33.4 Å². The van der Waals surface area contributed by atoms with Crippen molar-refractivity contribution in [2.75, 3.05) is 0 Å². The summed E-state index contributed by atoms with van der Waals surface area (Å²) in [5, 5.41) is 3.63. The monoisotopic (exact) mass is 792 g/mol. The van der Waals surface area contributed by atoms with Gasteiger partial charge in [-0.25, -0.2) is 0 Å². The summed E-state index contributed by atoms with van der Waals surface area (Å²) in [6.45, 7) is 6.83. The molecule has 0 aromatic heterocycles. The van der Waals surface area contributed by atoms with Crippen LogP contribution in [0.5, 0.6) is 0 Å². The van der Waals surface area contributed by atoms with E-state index in [2.05, 4.69) is 239 Å². The number of hydrogen-bond acceptors (Lipinski definition) is 0. The Morgan fingerprint density at radius 2 is 0.458 bits per heavy atom. The molecule has 9 aromatic carbocycles. The topological polar surface area (TPSA) is 0 Å². The SMILES string of the molecule is Cc1ccc(-c2ccccc2)c(-c2ccccc2)c1[Si](Cl)(c1c(C)ccc(-c2ccccc2)c1-c1ccccc1)c1c(C)ccc(-c2ccccc2)c1-c1ccccc1. The number of benzene rings is 9. The summed E-state index contributed by atoms with van der Waals surface area (Å²) in [4.78, 5) is 0. The van der Waals surface area contributed by atoms with Gasteiger partial charge < -0.3 is 0 Å². The minimum absolute atomic E-state index is 1.15. The van der Waals surface area contributed by atoms with Gasteiger partial charge in [0.05, 0.1) is 0 Å². The molecule has 0 unspecified atom stereocenters. The molecule has 0 aliphatic heterocycles. The summed E-state index contributed by atoms with van der Waals surface area (Å²) in [6.07, 6.45) is 0. The van der Waals surface area contributed by atoms with Crippen LogP contribution in [-0.2, 0) is 0 Å². The van der Waals surface area contributed by atoms with Gasteiger partial charge in [0.15, 0.2) is 0 Å². The zero-order valence-corrected chi connectivity index (χ0v) is 35.4. The predicted octanol–water partition coefficient (Wildman–Crippen LogP) is 13.8. The largest absolute Gasteiger partial charge is 0.250 e. The smallest absolute Gasteiger partial charge is 0.149 e. The highest BCUT2D eigenvalue weighted by atomic mass is 35.6. The molecule has 0 N–H and O–H groups in total. The lowest BCUT2D eigenvalue weighted by atomic mass is 9.92. The molecule has 0 fully saturated rings. The Bertz CT molecular complexity index is 2550. The highest BCUT2D eigenvalue weighted by Crippen LogP contribution is 2.41. The molecule has 0 amide bonds. The van der Waals surface area contributed by atoms with Crippen molar-refractivity contribution < 1.29 is 0 Å². The van der Waals surface area contributed by atoms with Crippen LogP contribution in [0.4, 0.5) is 0 Å². The molecule has 9 aromatic rings. The van der Waals surface area contributed by atoms with Crippen LogP contribution in [0.3, 0.4) is 0 Å². The van der Waals surface area contributed by atoms with E-state index in [1.165, 1.54) is 65.6 Å². The zero-order valence-electron chi connectivity index (χ0n) is 33.7. The Kier molecular flexibility index (Phi) is 10.6. The lowest BCUT2D eigenvalue weighted by Crippen LogP contribution is -2.66. The molecule has 59 heavy (non-hydrogen) atoms. The first-order valence-corrected chi connectivity index (χ1v) is 23.4. The van der Waals surface area contributed by atoms with Crippen LogP contribution in [0, 0.1) is 20.8 Å². The first-order chi connectivity index (χ1) is 28.9. The Hall–Kier alpha value is -6.51. The molecule has 284 valence electrons. The van der Waals surface area contributed by atoms with Crippen LogP contribution < -0.4 is 15.6 Å². The van der Waals surface area contributed by atoms with Gasteiger partial charge >= 0.3 is 0 Å². The standard InChI is InChI=1S/C57H45ClSi/c1-40-34-37-49(43-22-10-4-11-23-43)52(46-28-16-7-17-29-46)55(40)59(58,56-41(2)35-38-50(44-24-12-5-13-25-44)53(56)47-30-18-8-19-31-47)57-42(3)36-39-51(45-26-14-6-15-27-45)54(57)48-32-20-9-21-33-48/h4-39H,1-3H3. The van der Waals surface area contributed by atoms with Gasteiger partial charge in [-0.15, -0.1) is 11.1 Å². The van der Waals surface area contributed by atoms with Crippen LogP contribution in [-0.4, -0.2) is 7.38 Å². The van der Waals surface area contributed by atoms with Gasteiger partial charge in [0.25, 0.3) is 7.38 Å².